The highest BCUT2D eigenvalue weighted by molar-refractivity contribution is 5.79. The number of alkyl carbamates (subject to hydrolysis) is 1. The lowest BCUT2D eigenvalue weighted by Gasteiger charge is -2.36. The van der Waals surface area contributed by atoms with Gasteiger partial charge in [-0.05, 0) is 43.0 Å². The highest BCUT2D eigenvalue weighted by Crippen LogP contribution is 2.35. The van der Waals surface area contributed by atoms with Gasteiger partial charge in [0.05, 0.1) is 42.0 Å². The van der Waals surface area contributed by atoms with Crippen LogP contribution in [0.3, 0.4) is 0 Å². The minimum Gasteiger partial charge on any atom is -0.453 e. The second-order valence-corrected chi connectivity index (χ2v) is 8.36. The molecular formula is C23H23N9O2. The molecule has 172 valence electrons. The number of aromatic nitrogens is 6. The van der Waals surface area contributed by atoms with Gasteiger partial charge in [0.1, 0.15) is 11.8 Å². The van der Waals surface area contributed by atoms with Crippen LogP contribution in [0.5, 0.6) is 0 Å². The van der Waals surface area contributed by atoms with Gasteiger partial charge in [0, 0.05) is 37.1 Å². The van der Waals surface area contributed by atoms with Gasteiger partial charge in [-0.2, -0.15) is 10.4 Å². The van der Waals surface area contributed by atoms with Crippen molar-refractivity contribution in [3.05, 3.63) is 48.4 Å². The number of hydrogen-bond acceptors (Lipinski definition) is 8. The zero-order valence-corrected chi connectivity index (χ0v) is 18.8. The van der Waals surface area contributed by atoms with Gasteiger partial charge in [-0.3, -0.25) is 9.67 Å². The topological polar surface area (TPSA) is 135 Å². The van der Waals surface area contributed by atoms with Crippen molar-refractivity contribution in [3.63, 3.8) is 0 Å². The van der Waals surface area contributed by atoms with Crippen molar-refractivity contribution < 1.29 is 9.53 Å². The summed E-state index contributed by atoms with van der Waals surface area (Å²) in [5.74, 6) is 0.394. The van der Waals surface area contributed by atoms with Crippen LogP contribution >= 0.6 is 0 Å². The van der Waals surface area contributed by atoms with Crippen LogP contribution in [0.2, 0.25) is 0 Å². The van der Waals surface area contributed by atoms with Gasteiger partial charge in [0.25, 0.3) is 0 Å². The molecule has 0 unspecified atom stereocenters. The van der Waals surface area contributed by atoms with Crippen molar-refractivity contribution in [1.82, 2.24) is 34.9 Å². The lowest BCUT2D eigenvalue weighted by molar-refractivity contribution is 0.164. The average molecular weight is 457 g/mol. The number of carbonyl (C=O) groups excluding carboxylic acids is 1. The van der Waals surface area contributed by atoms with Crippen molar-refractivity contribution in [2.24, 2.45) is 13.0 Å². The third-order valence-electron chi connectivity index (χ3n) is 5.99. The normalized spacial score (nSPS) is 17.1. The summed E-state index contributed by atoms with van der Waals surface area (Å²) in [7, 11) is 3.19. The number of nitrogens with one attached hydrogen (secondary N) is 2. The number of methoxy groups -OCH3 is 1. The summed E-state index contributed by atoms with van der Waals surface area (Å²) in [6.45, 7) is 0.593. The molecule has 1 aliphatic carbocycles. The lowest BCUT2D eigenvalue weighted by atomic mass is 9.80. The smallest absolute Gasteiger partial charge is 0.406 e. The Morgan fingerprint density at radius 2 is 2.12 bits per heavy atom. The number of nitrogens with zero attached hydrogens (tertiary/aromatic N) is 7. The Labute approximate surface area is 195 Å². The van der Waals surface area contributed by atoms with Crippen molar-refractivity contribution >= 4 is 17.3 Å². The molecule has 11 nitrogen and oxygen atoms in total. The van der Waals surface area contributed by atoms with Crippen molar-refractivity contribution in [1.29, 1.82) is 5.26 Å². The minimum atomic E-state index is -0.407. The van der Waals surface area contributed by atoms with Gasteiger partial charge >= 0.3 is 6.09 Å². The molecule has 11 heteroatoms. The van der Waals surface area contributed by atoms with Crippen LogP contribution in [-0.4, -0.2) is 55.4 Å². The van der Waals surface area contributed by atoms with Gasteiger partial charge in [-0.15, -0.1) is 5.10 Å². The van der Waals surface area contributed by atoms with E-state index >= 15 is 0 Å². The SMILES string of the molecule is COC(=O)NCC1CC(Nc2cc(-c3ccc4cc(C#N)cnn34)ncc2-c2cn(C)nn2)C1. The molecule has 0 spiro atoms. The van der Waals surface area contributed by atoms with Gasteiger partial charge in [-0.25, -0.2) is 9.31 Å². The molecule has 0 aliphatic heterocycles. The first-order valence-electron chi connectivity index (χ1n) is 10.9. The summed E-state index contributed by atoms with van der Waals surface area (Å²) in [6, 6.07) is 10.0. The lowest BCUT2D eigenvalue weighted by Crippen LogP contribution is -2.42. The molecule has 0 atom stereocenters. The standard InChI is InChI=1S/C23H23N9O2/c1-31-13-21(29-30-31)18-12-25-20(22-4-3-17-7-15(9-24)11-27-32(17)22)8-19(18)28-16-5-14(6-16)10-26-23(33)34-2/h3-4,7-8,11-14,16H,5-6,10H2,1-2H3,(H,25,28)(H,26,33). The van der Waals surface area contributed by atoms with Crippen molar-refractivity contribution in [3.8, 4) is 28.7 Å². The van der Waals surface area contributed by atoms with Crippen LogP contribution in [0.1, 0.15) is 18.4 Å². The van der Waals surface area contributed by atoms with Gasteiger partial charge < -0.3 is 15.4 Å². The number of ether oxygens (including phenoxy) is 1. The molecule has 1 fully saturated rings. The number of anilines is 1. The molecule has 0 saturated heterocycles. The number of hydrogen-bond donors (Lipinski definition) is 2. The maximum atomic E-state index is 11.3. The first-order valence-corrected chi connectivity index (χ1v) is 10.9. The van der Waals surface area contributed by atoms with E-state index in [1.807, 2.05) is 31.4 Å². The Hall–Kier alpha value is -4.46. The Balaban J connectivity index is 1.42. The van der Waals surface area contributed by atoms with Crippen LogP contribution in [0.15, 0.2) is 42.9 Å². The Morgan fingerprint density at radius 3 is 2.85 bits per heavy atom. The number of aryl methyl sites for hydroxylation is 1. The fourth-order valence-electron chi connectivity index (χ4n) is 4.18. The van der Waals surface area contributed by atoms with Crippen LogP contribution in [0, 0.1) is 17.2 Å². The van der Waals surface area contributed by atoms with E-state index in [0.29, 0.717) is 18.0 Å². The molecule has 4 aromatic heterocycles. The van der Waals surface area contributed by atoms with Crippen molar-refractivity contribution in [2.75, 3.05) is 19.0 Å². The molecular weight excluding hydrogens is 434 g/mol. The first-order chi connectivity index (χ1) is 16.5. The van der Waals surface area contributed by atoms with E-state index in [0.717, 1.165) is 46.7 Å². The molecule has 0 bridgehead atoms. The van der Waals surface area contributed by atoms with Gasteiger partial charge in [0.15, 0.2) is 0 Å². The third kappa shape index (κ3) is 4.13. The number of amides is 1. The number of nitriles is 1. The predicted octanol–water partition coefficient (Wildman–Crippen LogP) is 2.61. The number of pyridine rings is 1. The van der Waals surface area contributed by atoms with E-state index in [4.69, 9.17) is 5.26 Å². The summed E-state index contributed by atoms with van der Waals surface area (Å²) < 4.78 is 8.07. The summed E-state index contributed by atoms with van der Waals surface area (Å²) in [6.07, 6.45) is 6.63. The average Bonchev–Trinajstić information content (AvgIpc) is 3.45. The Kier molecular flexibility index (Phi) is 5.55. The number of carbonyl (C=O) groups is 1. The molecule has 34 heavy (non-hydrogen) atoms. The third-order valence-corrected chi connectivity index (χ3v) is 5.99. The molecule has 4 aromatic rings. The fraction of sp³-hybridized carbons (Fsp3) is 0.304. The zero-order chi connectivity index (χ0) is 23.7. The molecule has 0 aromatic carbocycles. The highest BCUT2D eigenvalue weighted by atomic mass is 16.5. The minimum absolute atomic E-state index is 0.260. The monoisotopic (exact) mass is 457 g/mol. The van der Waals surface area contributed by atoms with Crippen LogP contribution in [0.4, 0.5) is 10.5 Å². The second-order valence-electron chi connectivity index (χ2n) is 8.36. The Morgan fingerprint density at radius 1 is 1.26 bits per heavy atom. The van der Waals surface area contributed by atoms with Crippen molar-refractivity contribution in [2.45, 2.75) is 18.9 Å². The predicted molar refractivity (Wildman–Crippen MR) is 124 cm³/mol. The van der Waals surface area contributed by atoms with E-state index in [1.165, 1.54) is 7.11 Å². The van der Waals surface area contributed by atoms with E-state index in [2.05, 4.69) is 41.8 Å². The van der Waals surface area contributed by atoms with E-state index in [-0.39, 0.29) is 6.04 Å². The van der Waals surface area contributed by atoms with Crippen LogP contribution in [0.25, 0.3) is 28.2 Å². The summed E-state index contributed by atoms with van der Waals surface area (Å²) >= 11 is 0. The molecule has 1 amide bonds. The number of fused-ring (bicyclic) bond motifs is 1. The first kappa shape index (κ1) is 21.4. The molecule has 1 aliphatic rings. The summed E-state index contributed by atoms with van der Waals surface area (Å²) in [5.41, 5.74) is 5.38. The Bertz CT molecular complexity index is 1400. The maximum absolute atomic E-state index is 11.3. The summed E-state index contributed by atoms with van der Waals surface area (Å²) in [4.78, 5) is 16.0. The quantitative estimate of drug-likeness (QED) is 0.451. The molecule has 5 rings (SSSR count). The van der Waals surface area contributed by atoms with E-state index < -0.39 is 6.09 Å². The largest absolute Gasteiger partial charge is 0.453 e. The zero-order valence-electron chi connectivity index (χ0n) is 18.8. The fourth-order valence-corrected chi connectivity index (χ4v) is 4.18. The van der Waals surface area contributed by atoms with Gasteiger partial charge in [-0.1, -0.05) is 5.21 Å². The second kappa shape index (κ2) is 8.82. The number of rotatable bonds is 6. The van der Waals surface area contributed by atoms with Crippen LogP contribution in [-0.2, 0) is 11.8 Å². The molecule has 2 N–H and O–H groups in total. The molecule has 4 heterocycles. The van der Waals surface area contributed by atoms with Gasteiger partial charge in [0.2, 0.25) is 0 Å². The maximum Gasteiger partial charge on any atom is 0.406 e. The highest BCUT2D eigenvalue weighted by Gasteiger charge is 2.30. The summed E-state index contributed by atoms with van der Waals surface area (Å²) in [5, 5.41) is 28.2. The van der Waals surface area contributed by atoms with E-state index in [9.17, 15) is 4.79 Å². The molecule has 0 radical (unpaired) electrons. The van der Waals surface area contributed by atoms with E-state index in [1.54, 1.807) is 27.7 Å². The van der Waals surface area contributed by atoms with Crippen LogP contribution < -0.4 is 10.6 Å². The molecule has 1 saturated carbocycles.